The molecule has 0 bridgehead atoms. The van der Waals surface area contributed by atoms with Crippen LogP contribution < -0.4 is 0 Å². The lowest BCUT2D eigenvalue weighted by atomic mass is 9.93. The molecule has 0 atom stereocenters. The molecule has 0 aliphatic rings. The van der Waals surface area contributed by atoms with Gasteiger partial charge in [0.15, 0.2) is 0 Å². The van der Waals surface area contributed by atoms with Gasteiger partial charge < -0.3 is 5.41 Å². The second-order valence-electron chi connectivity index (χ2n) is 5.93. The Morgan fingerprint density at radius 1 is 1.00 bits per heavy atom. The van der Waals surface area contributed by atoms with Gasteiger partial charge in [-0.2, -0.15) is 0 Å². The van der Waals surface area contributed by atoms with E-state index in [4.69, 9.17) is 5.41 Å². The second kappa shape index (κ2) is 7.05. The molecule has 3 aromatic rings. The number of hydrogen-bond donors (Lipinski definition) is 1. The number of hydrogen-bond acceptors (Lipinski definition) is 2. The largest absolute Gasteiger partial charge is 0.308 e. The number of benzene rings is 2. The standard InChI is InChI=1S/C22H20N2/c1-16-8-9-21(22(13-16)18-6-4-3-5-7-18)19-10-11-24-20(14-19)12-17(2)15-23/h3-11,13-15,23H,2,12H2,1H3. The smallest absolute Gasteiger partial charge is 0.0453 e. The molecule has 0 saturated carbocycles. The van der Waals surface area contributed by atoms with Gasteiger partial charge in [0.2, 0.25) is 0 Å². The molecule has 0 unspecified atom stereocenters. The first kappa shape index (κ1) is 15.9. The van der Waals surface area contributed by atoms with Crippen molar-refractivity contribution >= 4 is 6.21 Å². The highest BCUT2D eigenvalue weighted by molar-refractivity contribution is 5.84. The third kappa shape index (κ3) is 3.49. The van der Waals surface area contributed by atoms with Crippen LogP contribution in [0.15, 0.2) is 79.0 Å². The van der Waals surface area contributed by atoms with Crippen molar-refractivity contribution in [2.45, 2.75) is 13.3 Å². The van der Waals surface area contributed by atoms with E-state index in [-0.39, 0.29) is 0 Å². The van der Waals surface area contributed by atoms with E-state index in [1.54, 1.807) is 0 Å². The summed E-state index contributed by atoms with van der Waals surface area (Å²) in [4.78, 5) is 4.41. The molecule has 1 heterocycles. The molecular formula is C22H20N2. The van der Waals surface area contributed by atoms with Crippen LogP contribution in [-0.4, -0.2) is 11.2 Å². The van der Waals surface area contributed by atoms with Crippen molar-refractivity contribution in [2.24, 2.45) is 0 Å². The van der Waals surface area contributed by atoms with E-state index in [9.17, 15) is 0 Å². The van der Waals surface area contributed by atoms with Crippen LogP contribution in [0.1, 0.15) is 11.3 Å². The van der Waals surface area contributed by atoms with Crippen LogP contribution in [0, 0.1) is 12.3 Å². The van der Waals surface area contributed by atoms with Gasteiger partial charge in [0.1, 0.15) is 0 Å². The Morgan fingerprint density at radius 2 is 1.79 bits per heavy atom. The summed E-state index contributed by atoms with van der Waals surface area (Å²) >= 11 is 0. The fraction of sp³-hybridized carbons (Fsp3) is 0.0909. The molecule has 1 aromatic heterocycles. The number of pyridine rings is 1. The molecule has 24 heavy (non-hydrogen) atoms. The van der Waals surface area contributed by atoms with E-state index in [0.717, 1.165) is 16.8 Å². The molecule has 0 fully saturated rings. The average Bonchev–Trinajstić information content (AvgIpc) is 2.62. The highest BCUT2D eigenvalue weighted by Gasteiger charge is 2.09. The topological polar surface area (TPSA) is 36.7 Å². The summed E-state index contributed by atoms with van der Waals surface area (Å²) in [6.45, 7) is 5.98. The van der Waals surface area contributed by atoms with Crippen LogP contribution in [0.5, 0.6) is 0 Å². The van der Waals surface area contributed by atoms with Crippen LogP contribution >= 0.6 is 0 Å². The zero-order valence-electron chi connectivity index (χ0n) is 13.8. The molecule has 0 spiro atoms. The number of allylic oxidation sites excluding steroid dienone is 1. The Balaban J connectivity index is 2.08. The van der Waals surface area contributed by atoms with Crippen LogP contribution in [0.4, 0.5) is 0 Å². The number of aromatic nitrogens is 1. The lowest BCUT2D eigenvalue weighted by Gasteiger charge is -2.12. The maximum Gasteiger partial charge on any atom is 0.0453 e. The van der Waals surface area contributed by atoms with Gasteiger partial charge in [-0.3, -0.25) is 4.98 Å². The Morgan fingerprint density at radius 3 is 2.54 bits per heavy atom. The molecule has 0 aliphatic carbocycles. The van der Waals surface area contributed by atoms with Gasteiger partial charge in [0.25, 0.3) is 0 Å². The molecule has 2 nitrogen and oxygen atoms in total. The van der Waals surface area contributed by atoms with Gasteiger partial charge in [-0.05, 0) is 46.9 Å². The van der Waals surface area contributed by atoms with Gasteiger partial charge in [-0.25, -0.2) is 0 Å². The summed E-state index contributed by atoms with van der Waals surface area (Å²) in [6, 6.07) is 21.1. The number of aryl methyl sites for hydroxylation is 1. The first-order chi connectivity index (χ1) is 11.7. The van der Waals surface area contributed by atoms with Gasteiger partial charge in [0, 0.05) is 24.5 Å². The van der Waals surface area contributed by atoms with Crippen LogP contribution in [0.25, 0.3) is 22.3 Å². The second-order valence-corrected chi connectivity index (χ2v) is 5.93. The van der Waals surface area contributed by atoms with Crippen molar-refractivity contribution < 1.29 is 0 Å². The summed E-state index contributed by atoms with van der Waals surface area (Å²) in [5.41, 5.74) is 7.68. The summed E-state index contributed by atoms with van der Waals surface area (Å²) in [5.74, 6) is 0. The zero-order valence-corrected chi connectivity index (χ0v) is 13.8. The maximum absolute atomic E-state index is 7.29. The molecule has 2 aromatic carbocycles. The maximum atomic E-state index is 7.29. The Hall–Kier alpha value is -3.00. The lowest BCUT2D eigenvalue weighted by molar-refractivity contribution is 1.09. The van der Waals surface area contributed by atoms with Crippen molar-refractivity contribution in [3.05, 3.63) is 90.3 Å². The molecule has 0 amide bonds. The highest BCUT2D eigenvalue weighted by atomic mass is 14.7. The summed E-state index contributed by atoms with van der Waals surface area (Å²) < 4.78 is 0. The van der Waals surface area contributed by atoms with Gasteiger partial charge in [0.05, 0.1) is 0 Å². The summed E-state index contributed by atoms with van der Waals surface area (Å²) in [5, 5.41) is 7.29. The Bertz CT molecular complexity index is 879. The molecule has 1 N–H and O–H groups in total. The number of nitrogens with one attached hydrogen (secondary N) is 1. The molecule has 2 heteroatoms. The Kier molecular flexibility index (Phi) is 4.66. The third-order valence-corrected chi connectivity index (χ3v) is 4.00. The van der Waals surface area contributed by atoms with Crippen molar-refractivity contribution in [3.8, 4) is 22.3 Å². The van der Waals surface area contributed by atoms with Gasteiger partial charge >= 0.3 is 0 Å². The van der Waals surface area contributed by atoms with E-state index in [0.29, 0.717) is 6.42 Å². The van der Waals surface area contributed by atoms with Crippen LogP contribution in [0.2, 0.25) is 0 Å². The summed E-state index contributed by atoms with van der Waals surface area (Å²) in [6.07, 6.45) is 3.72. The fourth-order valence-corrected chi connectivity index (χ4v) is 2.79. The minimum absolute atomic E-state index is 0.601. The Labute approximate surface area is 143 Å². The molecule has 0 saturated heterocycles. The SMILES string of the molecule is C=C(C=N)Cc1cc(-c2ccc(C)cc2-c2ccccc2)ccn1. The van der Waals surface area contributed by atoms with Gasteiger partial charge in [-0.15, -0.1) is 0 Å². The zero-order chi connectivity index (χ0) is 16.9. The lowest BCUT2D eigenvalue weighted by Crippen LogP contribution is -1.95. The highest BCUT2D eigenvalue weighted by Crippen LogP contribution is 2.33. The quantitative estimate of drug-likeness (QED) is 0.623. The first-order valence-electron chi connectivity index (χ1n) is 7.97. The van der Waals surface area contributed by atoms with E-state index < -0.39 is 0 Å². The predicted octanol–water partition coefficient (Wildman–Crippen LogP) is 5.47. The van der Waals surface area contributed by atoms with E-state index in [1.165, 1.54) is 28.5 Å². The monoisotopic (exact) mass is 312 g/mol. The molecule has 0 radical (unpaired) electrons. The van der Waals surface area contributed by atoms with E-state index in [2.05, 4.69) is 67.0 Å². The average molecular weight is 312 g/mol. The summed E-state index contributed by atoms with van der Waals surface area (Å²) in [7, 11) is 0. The molecule has 3 rings (SSSR count). The predicted molar refractivity (Wildman–Crippen MR) is 101 cm³/mol. The third-order valence-electron chi connectivity index (χ3n) is 4.00. The van der Waals surface area contributed by atoms with Crippen molar-refractivity contribution in [1.29, 1.82) is 5.41 Å². The minimum Gasteiger partial charge on any atom is -0.308 e. The van der Waals surface area contributed by atoms with Crippen LogP contribution in [0.3, 0.4) is 0 Å². The number of nitrogens with zero attached hydrogens (tertiary/aromatic N) is 1. The van der Waals surface area contributed by atoms with Crippen molar-refractivity contribution in [2.75, 3.05) is 0 Å². The van der Waals surface area contributed by atoms with Crippen molar-refractivity contribution in [3.63, 3.8) is 0 Å². The number of rotatable bonds is 5. The molecule has 118 valence electrons. The normalized spacial score (nSPS) is 10.4. The minimum atomic E-state index is 0.601. The van der Waals surface area contributed by atoms with Crippen molar-refractivity contribution in [1.82, 2.24) is 4.98 Å². The van der Waals surface area contributed by atoms with E-state index in [1.807, 2.05) is 18.3 Å². The van der Waals surface area contributed by atoms with Gasteiger partial charge in [-0.1, -0.05) is 60.7 Å². The fourth-order valence-electron chi connectivity index (χ4n) is 2.79. The first-order valence-corrected chi connectivity index (χ1v) is 7.97. The molecule has 0 aliphatic heterocycles. The van der Waals surface area contributed by atoms with Crippen LogP contribution in [-0.2, 0) is 6.42 Å². The van der Waals surface area contributed by atoms with E-state index >= 15 is 0 Å². The molecular weight excluding hydrogens is 292 g/mol.